The van der Waals surface area contributed by atoms with Crippen LogP contribution in [0.3, 0.4) is 0 Å². The van der Waals surface area contributed by atoms with Crippen molar-refractivity contribution in [3.63, 3.8) is 0 Å². The van der Waals surface area contributed by atoms with Crippen LogP contribution >= 0.6 is 0 Å². The highest BCUT2D eigenvalue weighted by molar-refractivity contribution is 6.03. The van der Waals surface area contributed by atoms with E-state index < -0.39 is 30.8 Å². The zero-order valence-corrected chi connectivity index (χ0v) is 15.7. The molecule has 0 aromatic heterocycles. The van der Waals surface area contributed by atoms with Crippen molar-refractivity contribution < 1.29 is 32.5 Å². The minimum Gasteiger partial charge on any atom is -0.497 e. The molecule has 0 radical (unpaired) electrons. The van der Waals surface area contributed by atoms with E-state index in [1.54, 1.807) is 0 Å². The second kappa shape index (κ2) is 8.04. The van der Waals surface area contributed by atoms with Gasteiger partial charge < -0.3 is 14.6 Å². The maximum atomic E-state index is 13.6. The fourth-order valence-electron chi connectivity index (χ4n) is 2.80. The number of hydrogen-bond donors (Lipinski definition) is 1. The molecule has 0 fully saturated rings. The summed E-state index contributed by atoms with van der Waals surface area (Å²) in [5.41, 5.74) is -2.94. The first kappa shape index (κ1) is 21.1. The van der Waals surface area contributed by atoms with Crippen molar-refractivity contribution in [1.29, 1.82) is 5.26 Å². The van der Waals surface area contributed by atoms with Crippen molar-refractivity contribution >= 4 is 11.6 Å². The fraction of sp³-hybridized carbons (Fsp3) is 0.250. The summed E-state index contributed by atoms with van der Waals surface area (Å²) in [6, 6.07) is 13.6. The lowest BCUT2D eigenvalue weighted by Crippen LogP contribution is -2.57. The molecular formula is C20H16F3N3O4. The van der Waals surface area contributed by atoms with E-state index in [0.29, 0.717) is 16.9 Å². The van der Waals surface area contributed by atoms with Crippen LogP contribution in [0.2, 0.25) is 0 Å². The minimum absolute atomic E-state index is 0.0101. The van der Waals surface area contributed by atoms with E-state index in [4.69, 9.17) is 14.7 Å². The summed E-state index contributed by atoms with van der Waals surface area (Å²) in [6.45, 7) is -0.788. The summed E-state index contributed by atoms with van der Waals surface area (Å²) in [4.78, 5) is 12.4. The molecule has 0 saturated heterocycles. The largest absolute Gasteiger partial charge is 0.497 e. The Bertz CT molecular complexity index is 998. The fourth-order valence-corrected chi connectivity index (χ4v) is 2.80. The van der Waals surface area contributed by atoms with E-state index in [-0.39, 0.29) is 16.5 Å². The molecule has 10 heteroatoms. The molecule has 1 N–H and O–H groups in total. The van der Waals surface area contributed by atoms with Crippen molar-refractivity contribution in [3.05, 3.63) is 59.7 Å². The number of halogens is 3. The lowest BCUT2D eigenvalue weighted by molar-refractivity contribution is -0.302. The van der Waals surface area contributed by atoms with Gasteiger partial charge in [0.25, 0.3) is 11.6 Å². The molecule has 0 unspecified atom stereocenters. The van der Waals surface area contributed by atoms with Gasteiger partial charge in [0.05, 0.1) is 30.9 Å². The van der Waals surface area contributed by atoms with Gasteiger partial charge in [-0.15, -0.1) is 0 Å². The molecule has 1 aliphatic rings. The molecule has 3 rings (SSSR count). The lowest BCUT2D eigenvalue weighted by atomic mass is 10.0. The molecule has 1 atom stereocenters. The first-order valence-corrected chi connectivity index (χ1v) is 8.65. The number of hydrogen-bond acceptors (Lipinski definition) is 6. The van der Waals surface area contributed by atoms with E-state index in [0.717, 1.165) is 0 Å². The molecule has 2 aromatic carbocycles. The van der Waals surface area contributed by atoms with E-state index in [1.165, 1.54) is 55.6 Å². The van der Waals surface area contributed by atoms with Crippen LogP contribution in [0.15, 0.2) is 53.6 Å². The van der Waals surface area contributed by atoms with Crippen LogP contribution in [0.1, 0.15) is 17.5 Å². The second-order valence-corrected chi connectivity index (χ2v) is 6.40. The van der Waals surface area contributed by atoms with Crippen molar-refractivity contribution in [2.24, 2.45) is 5.10 Å². The van der Waals surface area contributed by atoms with Crippen LogP contribution in [0, 0.1) is 11.3 Å². The third-order valence-corrected chi connectivity index (χ3v) is 4.44. The van der Waals surface area contributed by atoms with Gasteiger partial charge in [-0.1, -0.05) is 0 Å². The van der Waals surface area contributed by atoms with Crippen molar-refractivity contribution in [2.75, 3.05) is 13.7 Å². The Balaban J connectivity index is 1.82. The van der Waals surface area contributed by atoms with Gasteiger partial charge in [-0.25, -0.2) is 0 Å². The number of alkyl halides is 3. The first-order valence-electron chi connectivity index (χ1n) is 8.65. The van der Waals surface area contributed by atoms with Crippen molar-refractivity contribution in [3.8, 4) is 17.6 Å². The molecule has 0 spiro atoms. The molecule has 1 heterocycles. The van der Waals surface area contributed by atoms with Gasteiger partial charge in [-0.2, -0.15) is 28.5 Å². The number of carbonyl (C=O) groups excluding carboxylic acids is 1. The number of rotatable bonds is 5. The van der Waals surface area contributed by atoms with E-state index in [9.17, 15) is 23.1 Å². The van der Waals surface area contributed by atoms with Gasteiger partial charge in [0.2, 0.25) is 0 Å². The highest BCUT2D eigenvalue weighted by atomic mass is 19.4. The van der Waals surface area contributed by atoms with Crippen LogP contribution in [0.25, 0.3) is 0 Å². The Hall–Kier alpha value is -3.58. The molecule has 156 valence electrons. The molecule has 0 aliphatic carbocycles. The maximum absolute atomic E-state index is 13.6. The smallest absolute Gasteiger partial charge is 0.438 e. The first-order chi connectivity index (χ1) is 14.2. The Labute approximate surface area is 169 Å². The van der Waals surface area contributed by atoms with Crippen molar-refractivity contribution in [2.45, 2.75) is 18.3 Å². The predicted octanol–water partition coefficient (Wildman–Crippen LogP) is 2.83. The van der Waals surface area contributed by atoms with E-state index in [1.807, 2.05) is 6.07 Å². The Morgan fingerprint density at radius 1 is 1.20 bits per heavy atom. The number of amides is 1. The van der Waals surface area contributed by atoms with Crippen molar-refractivity contribution in [1.82, 2.24) is 5.01 Å². The van der Waals surface area contributed by atoms with Crippen LogP contribution in [-0.2, 0) is 4.79 Å². The molecule has 7 nitrogen and oxygen atoms in total. The van der Waals surface area contributed by atoms with Gasteiger partial charge in [0.15, 0.2) is 6.61 Å². The topological polar surface area (TPSA) is 95.1 Å². The number of hydrazone groups is 1. The summed E-state index contributed by atoms with van der Waals surface area (Å²) in [5.74, 6) is -0.508. The molecule has 0 saturated carbocycles. The third kappa shape index (κ3) is 4.06. The highest BCUT2D eigenvalue weighted by Gasteiger charge is 2.63. The Morgan fingerprint density at radius 2 is 1.80 bits per heavy atom. The average molecular weight is 419 g/mol. The maximum Gasteiger partial charge on any atom is 0.438 e. The summed E-state index contributed by atoms with van der Waals surface area (Å²) >= 11 is 0. The van der Waals surface area contributed by atoms with E-state index >= 15 is 0 Å². The number of methoxy groups -OCH3 is 1. The monoisotopic (exact) mass is 419 g/mol. The Morgan fingerprint density at radius 3 is 2.33 bits per heavy atom. The molecule has 2 aromatic rings. The van der Waals surface area contributed by atoms with Crippen LogP contribution in [0.4, 0.5) is 13.2 Å². The van der Waals surface area contributed by atoms with Gasteiger partial charge in [0, 0.05) is 0 Å². The number of nitriles is 1. The van der Waals surface area contributed by atoms with E-state index in [2.05, 4.69) is 5.10 Å². The molecule has 1 aliphatic heterocycles. The zero-order chi connectivity index (χ0) is 21.9. The quantitative estimate of drug-likeness (QED) is 0.804. The summed E-state index contributed by atoms with van der Waals surface area (Å²) in [6.07, 6.45) is -6.07. The summed E-state index contributed by atoms with van der Waals surface area (Å²) < 4.78 is 51.0. The normalized spacial score (nSPS) is 18.5. The second-order valence-electron chi connectivity index (χ2n) is 6.40. The number of benzene rings is 2. The minimum atomic E-state index is -5.14. The number of aliphatic hydroxyl groups is 1. The van der Waals surface area contributed by atoms with Crippen LogP contribution in [-0.4, -0.2) is 47.4 Å². The third-order valence-electron chi connectivity index (χ3n) is 4.44. The van der Waals surface area contributed by atoms with Gasteiger partial charge in [-0.3, -0.25) is 4.79 Å². The summed E-state index contributed by atoms with van der Waals surface area (Å²) in [5, 5.41) is 22.8. The summed E-state index contributed by atoms with van der Waals surface area (Å²) in [7, 11) is 1.44. The number of nitrogens with zero attached hydrogens (tertiary/aromatic N) is 3. The number of ether oxygens (including phenoxy) is 2. The van der Waals surface area contributed by atoms with Gasteiger partial charge in [0.1, 0.15) is 11.5 Å². The van der Waals surface area contributed by atoms with Crippen LogP contribution in [0.5, 0.6) is 11.5 Å². The molecule has 1 amide bonds. The molecular weight excluding hydrogens is 403 g/mol. The van der Waals surface area contributed by atoms with Crippen LogP contribution < -0.4 is 9.47 Å². The average Bonchev–Trinajstić information content (AvgIpc) is 3.11. The highest BCUT2D eigenvalue weighted by Crippen LogP contribution is 2.41. The number of carbonyl (C=O) groups is 1. The Kier molecular flexibility index (Phi) is 5.67. The van der Waals surface area contributed by atoms with Gasteiger partial charge >= 0.3 is 6.18 Å². The van der Waals surface area contributed by atoms with Gasteiger partial charge in [-0.05, 0) is 54.1 Å². The standard InChI is InChI=1S/C20H16F3N3O4/c1-29-15-8-4-14(5-9-15)17-10-19(28,20(21,22)23)26(25-17)18(27)12-30-16-6-2-13(11-24)3-7-16/h2-9,28H,10,12H2,1H3/t19-/m0/s1. The SMILES string of the molecule is COc1ccc(C2=NN(C(=O)COc3ccc(C#N)cc3)[C@@](O)(C(F)(F)F)C2)cc1. The zero-order valence-electron chi connectivity index (χ0n) is 15.7. The molecule has 30 heavy (non-hydrogen) atoms. The molecule has 0 bridgehead atoms. The lowest BCUT2D eigenvalue weighted by Gasteiger charge is -2.32. The predicted molar refractivity (Wildman–Crippen MR) is 98.7 cm³/mol.